The van der Waals surface area contributed by atoms with Gasteiger partial charge in [-0.1, -0.05) is 18.2 Å². The highest BCUT2D eigenvalue weighted by Gasteiger charge is 2.45. The zero-order valence-corrected chi connectivity index (χ0v) is 21.7. The molecule has 0 radical (unpaired) electrons. The molecule has 0 aliphatic carbocycles. The molecule has 0 amide bonds. The van der Waals surface area contributed by atoms with E-state index in [0.717, 1.165) is 4.57 Å². The van der Waals surface area contributed by atoms with E-state index in [-0.39, 0.29) is 16.1 Å². The third-order valence-electron chi connectivity index (χ3n) is 4.97. The molecular formula is C22H30N3O9PS. The van der Waals surface area contributed by atoms with Crippen molar-refractivity contribution in [3.63, 3.8) is 0 Å². The number of aromatic nitrogens is 2. The molecule has 2 aromatic rings. The fourth-order valence-electron chi connectivity index (χ4n) is 3.20. The molecule has 1 aromatic heterocycles. The Hall–Kier alpha value is -2.38. The number of aliphatic hydroxyl groups excluding tert-OH is 2. The first-order valence-electron chi connectivity index (χ1n) is 12.0. The number of nitrogens with one attached hydrogen (secondary N) is 2. The summed E-state index contributed by atoms with van der Waals surface area (Å²) in [6.45, 7) is 3.00. The minimum atomic E-state index is -4.70. The normalized spacial score (nSPS) is 25.5. The van der Waals surface area contributed by atoms with Crippen LogP contribution in [0.5, 0.6) is 5.75 Å². The lowest BCUT2D eigenvalue weighted by Crippen LogP contribution is -2.38. The number of carbonyl (C=O) groups excluding carboxylic acids is 1. The molecule has 1 saturated heterocycles. The zero-order valence-electron chi connectivity index (χ0n) is 22.0. The number of hydrogen-bond acceptors (Lipinski definition) is 10. The smallest absolute Gasteiger partial charge is 0.459 e. The van der Waals surface area contributed by atoms with Gasteiger partial charge in [0, 0.05) is 11.8 Å². The molecule has 36 heavy (non-hydrogen) atoms. The molecule has 0 saturated carbocycles. The predicted octanol–water partition coefficient (Wildman–Crippen LogP) is 1.97. The Morgan fingerprint density at radius 3 is 2.61 bits per heavy atom. The van der Waals surface area contributed by atoms with Gasteiger partial charge < -0.3 is 24.2 Å². The Morgan fingerprint density at radius 1 is 1.31 bits per heavy atom. The maximum atomic E-state index is 13.8. The van der Waals surface area contributed by atoms with E-state index in [2.05, 4.69) is 10.1 Å². The molecular weight excluding hydrogens is 513 g/mol. The number of nitrogens with zero attached hydrogens (tertiary/aromatic N) is 1. The molecule has 0 bridgehead atoms. The van der Waals surface area contributed by atoms with Gasteiger partial charge >= 0.3 is 13.7 Å². The standard InChI is InChI=1S/C22H30N3O9PS/c1-12(2)32-21(29)14(4)24-35(30,34-15-8-6-5-7-9-15)31-11-16-17(26)18(27)20(33-16)25-10-13(3)19(28)23-22(25)36/h5-10,12,14,16-18,20,26-27H,11H2,1-4H3,(H,24,30)(H,23,28,36)/t14-,16-,17?,18+,20-,35+/m0/s1/i11D2. The van der Waals surface area contributed by atoms with Crippen molar-refractivity contribution in [1.82, 2.24) is 14.6 Å². The number of para-hydroxylation sites is 1. The van der Waals surface area contributed by atoms with E-state index in [0.29, 0.717) is 0 Å². The van der Waals surface area contributed by atoms with Gasteiger partial charge in [0.05, 0.1) is 15.4 Å². The number of benzene rings is 1. The van der Waals surface area contributed by atoms with Gasteiger partial charge in [-0.3, -0.25) is 23.7 Å². The summed E-state index contributed by atoms with van der Waals surface area (Å²) in [5.41, 5.74) is -0.247. The fourth-order valence-corrected chi connectivity index (χ4v) is 4.81. The van der Waals surface area contributed by atoms with E-state index in [1.165, 1.54) is 32.2 Å². The highest BCUT2D eigenvalue weighted by molar-refractivity contribution is 7.71. The van der Waals surface area contributed by atoms with Crippen molar-refractivity contribution in [3.8, 4) is 5.75 Å². The van der Waals surface area contributed by atoms with Gasteiger partial charge in [0.25, 0.3) is 5.56 Å². The van der Waals surface area contributed by atoms with Crippen molar-refractivity contribution < 1.29 is 40.8 Å². The number of aryl methyl sites for hydroxylation is 1. The lowest BCUT2D eigenvalue weighted by molar-refractivity contribution is -0.149. The van der Waals surface area contributed by atoms with E-state index in [1.807, 2.05) is 0 Å². The number of rotatable bonds is 10. The quantitative estimate of drug-likeness (QED) is 0.196. The van der Waals surface area contributed by atoms with Crippen LogP contribution in [0, 0.1) is 11.7 Å². The van der Waals surface area contributed by atoms with Crippen LogP contribution in [0.1, 0.15) is 35.3 Å². The number of ether oxygens (including phenoxy) is 2. The number of hydrogen-bond donors (Lipinski definition) is 4. The van der Waals surface area contributed by atoms with Gasteiger partial charge in [0.2, 0.25) is 0 Å². The van der Waals surface area contributed by atoms with Crippen LogP contribution in [0.2, 0.25) is 0 Å². The number of H-pyrrole nitrogens is 1. The molecule has 2 heterocycles. The number of carbonyl (C=O) groups is 1. The molecule has 12 nitrogen and oxygen atoms in total. The van der Waals surface area contributed by atoms with Crippen LogP contribution in [0.4, 0.5) is 0 Å². The Balaban J connectivity index is 1.90. The molecule has 1 aromatic carbocycles. The van der Waals surface area contributed by atoms with E-state index >= 15 is 0 Å². The maximum Gasteiger partial charge on any atom is 0.459 e. The lowest BCUT2D eigenvalue weighted by atomic mass is 10.1. The number of aromatic amines is 1. The Morgan fingerprint density at radius 2 is 1.97 bits per heavy atom. The van der Waals surface area contributed by atoms with Gasteiger partial charge in [-0.05, 0) is 52.0 Å². The van der Waals surface area contributed by atoms with Gasteiger partial charge in [0.1, 0.15) is 30.1 Å². The van der Waals surface area contributed by atoms with Crippen LogP contribution in [0.3, 0.4) is 0 Å². The fraction of sp³-hybridized carbons (Fsp3) is 0.500. The summed E-state index contributed by atoms with van der Waals surface area (Å²) < 4.78 is 53.1. The van der Waals surface area contributed by atoms with Crippen LogP contribution >= 0.6 is 20.0 Å². The van der Waals surface area contributed by atoms with Crippen molar-refractivity contribution in [3.05, 3.63) is 57.2 Å². The number of aliphatic hydroxyl groups is 2. The second-order valence-electron chi connectivity index (χ2n) is 8.35. The Labute approximate surface area is 215 Å². The Bertz CT molecular complexity index is 1310. The summed E-state index contributed by atoms with van der Waals surface area (Å²) in [4.78, 5) is 26.6. The topological polar surface area (TPSA) is 161 Å². The molecule has 14 heteroatoms. The summed E-state index contributed by atoms with van der Waals surface area (Å²) in [6.07, 6.45) is -6.09. The minimum absolute atomic E-state index is 0.0318. The molecule has 1 aliphatic heterocycles. The van der Waals surface area contributed by atoms with Crippen LogP contribution in [-0.4, -0.2) is 62.8 Å². The maximum absolute atomic E-state index is 13.8. The van der Waals surface area contributed by atoms with E-state index < -0.39 is 62.5 Å². The molecule has 3 rings (SSSR count). The zero-order chi connectivity index (χ0) is 28.4. The third kappa shape index (κ3) is 6.88. The van der Waals surface area contributed by atoms with Crippen molar-refractivity contribution in [2.24, 2.45) is 0 Å². The second kappa shape index (κ2) is 11.8. The molecule has 1 fully saturated rings. The van der Waals surface area contributed by atoms with Crippen molar-refractivity contribution >= 4 is 25.9 Å². The predicted molar refractivity (Wildman–Crippen MR) is 131 cm³/mol. The van der Waals surface area contributed by atoms with Crippen molar-refractivity contribution in [2.45, 2.75) is 64.4 Å². The minimum Gasteiger partial charge on any atom is -0.462 e. The van der Waals surface area contributed by atoms with Crippen LogP contribution in [0.25, 0.3) is 0 Å². The van der Waals surface area contributed by atoms with Gasteiger partial charge in [-0.25, -0.2) is 4.57 Å². The van der Waals surface area contributed by atoms with E-state index in [9.17, 15) is 24.4 Å². The number of esters is 1. The second-order valence-corrected chi connectivity index (χ2v) is 10.4. The largest absolute Gasteiger partial charge is 0.462 e. The van der Waals surface area contributed by atoms with Gasteiger partial charge in [0.15, 0.2) is 11.0 Å². The summed E-state index contributed by atoms with van der Waals surface area (Å²) in [7, 11) is -4.70. The van der Waals surface area contributed by atoms with Crippen molar-refractivity contribution in [1.29, 1.82) is 0 Å². The lowest BCUT2D eigenvalue weighted by Gasteiger charge is -2.25. The summed E-state index contributed by atoms with van der Waals surface area (Å²) in [6, 6.07) is 6.44. The van der Waals surface area contributed by atoms with Crippen LogP contribution in [-0.2, 0) is 23.4 Å². The van der Waals surface area contributed by atoms with Crippen molar-refractivity contribution in [2.75, 3.05) is 6.56 Å². The average molecular weight is 546 g/mol. The molecule has 1 unspecified atom stereocenters. The monoisotopic (exact) mass is 545 g/mol. The van der Waals surface area contributed by atoms with Gasteiger partial charge in [-0.15, -0.1) is 0 Å². The van der Waals surface area contributed by atoms with E-state index in [1.54, 1.807) is 32.0 Å². The molecule has 4 N–H and O–H groups in total. The average Bonchev–Trinajstić information content (AvgIpc) is 3.11. The molecule has 1 aliphatic rings. The Kier molecular flexibility index (Phi) is 8.27. The first-order valence-corrected chi connectivity index (χ1v) is 13.0. The first kappa shape index (κ1) is 25.3. The van der Waals surface area contributed by atoms with Crippen LogP contribution in [0.15, 0.2) is 41.3 Å². The molecule has 198 valence electrons. The SMILES string of the molecule is [2H]C([2H])(O[P@](=O)(N[C@@H](C)C(=O)OC(C)C)Oc1ccccc1)[C@@H]1O[C@H](n2cc(C)c(=O)[nH]c2=S)[C@H](O)C1O. The third-order valence-corrected chi connectivity index (χ3v) is 6.79. The summed E-state index contributed by atoms with van der Waals surface area (Å²) in [5, 5.41) is 23.6. The van der Waals surface area contributed by atoms with Gasteiger partial charge in [-0.2, -0.15) is 5.09 Å². The highest BCUT2D eigenvalue weighted by atomic mass is 32.1. The highest BCUT2D eigenvalue weighted by Crippen LogP contribution is 2.46. The molecule has 0 spiro atoms. The first-order chi connectivity index (χ1) is 17.6. The summed E-state index contributed by atoms with van der Waals surface area (Å²) >= 11 is 5.11. The molecule has 6 atom stereocenters. The summed E-state index contributed by atoms with van der Waals surface area (Å²) in [5.74, 6) is -0.763. The van der Waals surface area contributed by atoms with E-state index in [4.69, 9.17) is 33.5 Å². The van der Waals surface area contributed by atoms with Crippen LogP contribution < -0.4 is 15.2 Å².